The van der Waals surface area contributed by atoms with Gasteiger partial charge in [-0.25, -0.2) is 4.98 Å². The SMILES string of the molecule is CC(OC(=O)CCNC(=O)c1n[nH]c2ccccc12)c1nc2ccccc2c(=O)[nH]1. The van der Waals surface area contributed by atoms with Gasteiger partial charge in [-0.1, -0.05) is 30.3 Å². The van der Waals surface area contributed by atoms with Crippen molar-refractivity contribution in [2.24, 2.45) is 0 Å². The molecule has 2 aromatic carbocycles. The van der Waals surface area contributed by atoms with Crippen LogP contribution in [0.3, 0.4) is 0 Å². The molecule has 0 fully saturated rings. The van der Waals surface area contributed by atoms with E-state index in [1.165, 1.54) is 0 Å². The number of fused-ring (bicyclic) bond motifs is 2. The first-order chi connectivity index (χ1) is 14.5. The Morgan fingerprint density at radius 3 is 2.67 bits per heavy atom. The number of hydrogen-bond acceptors (Lipinski definition) is 6. The van der Waals surface area contributed by atoms with E-state index in [9.17, 15) is 14.4 Å². The van der Waals surface area contributed by atoms with E-state index in [0.717, 1.165) is 5.52 Å². The van der Waals surface area contributed by atoms with Crippen LogP contribution in [0.4, 0.5) is 0 Å². The minimum absolute atomic E-state index is 0.0315. The fourth-order valence-corrected chi connectivity index (χ4v) is 3.11. The molecule has 3 N–H and O–H groups in total. The van der Waals surface area contributed by atoms with Crippen LogP contribution in [0.15, 0.2) is 53.3 Å². The van der Waals surface area contributed by atoms with Gasteiger partial charge in [-0.15, -0.1) is 0 Å². The highest BCUT2D eigenvalue weighted by Gasteiger charge is 2.17. The largest absolute Gasteiger partial charge is 0.454 e. The highest BCUT2D eigenvalue weighted by Crippen LogP contribution is 2.16. The number of hydrogen-bond donors (Lipinski definition) is 3. The van der Waals surface area contributed by atoms with Gasteiger partial charge in [-0.05, 0) is 25.1 Å². The Morgan fingerprint density at radius 1 is 1.10 bits per heavy atom. The molecule has 1 unspecified atom stereocenters. The number of aromatic nitrogens is 4. The predicted molar refractivity (Wildman–Crippen MR) is 110 cm³/mol. The van der Waals surface area contributed by atoms with Crippen LogP contribution in [0.5, 0.6) is 0 Å². The van der Waals surface area contributed by atoms with Crippen LogP contribution in [0.2, 0.25) is 0 Å². The van der Waals surface area contributed by atoms with Gasteiger partial charge in [-0.3, -0.25) is 19.5 Å². The van der Waals surface area contributed by atoms with Crippen molar-refractivity contribution < 1.29 is 14.3 Å². The third-order valence-corrected chi connectivity index (χ3v) is 4.62. The van der Waals surface area contributed by atoms with E-state index in [1.807, 2.05) is 18.2 Å². The molecular formula is C21H19N5O4. The van der Waals surface area contributed by atoms with E-state index < -0.39 is 12.1 Å². The zero-order valence-corrected chi connectivity index (χ0v) is 16.1. The lowest BCUT2D eigenvalue weighted by Gasteiger charge is -2.13. The van der Waals surface area contributed by atoms with Gasteiger partial charge in [0.05, 0.1) is 22.8 Å². The summed E-state index contributed by atoms with van der Waals surface area (Å²) < 4.78 is 5.34. The maximum atomic E-state index is 12.3. The van der Waals surface area contributed by atoms with Crippen molar-refractivity contribution >= 4 is 33.7 Å². The summed E-state index contributed by atoms with van der Waals surface area (Å²) in [6, 6.07) is 14.2. The third-order valence-electron chi connectivity index (χ3n) is 4.62. The second-order valence-electron chi connectivity index (χ2n) is 6.72. The van der Waals surface area contributed by atoms with Crippen molar-refractivity contribution in [2.45, 2.75) is 19.4 Å². The third kappa shape index (κ3) is 3.90. The number of carbonyl (C=O) groups is 2. The summed E-state index contributed by atoms with van der Waals surface area (Å²) in [5, 5.41) is 10.6. The number of nitrogens with zero attached hydrogens (tertiary/aromatic N) is 2. The summed E-state index contributed by atoms with van der Waals surface area (Å²) >= 11 is 0. The van der Waals surface area contributed by atoms with Crippen LogP contribution >= 0.6 is 0 Å². The van der Waals surface area contributed by atoms with Crippen LogP contribution in [0.25, 0.3) is 21.8 Å². The highest BCUT2D eigenvalue weighted by molar-refractivity contribution is 6.04. The molecule has 4 aromatic rings. The average Bonchev–Trinajstić information content (AvgIpc) is 3.18. The topological polar surface area (TPSA) is 130 Å². The number of esters is 1. The molecule has 0 bridgehead atoms. The molecule has 9 heteroatoms. The quantitative estimate of drug-likeness (QED) is 0.422. The lowest BCUT2D eigenvalue weighted by molar-refractivity contribution is -0.148. The molecule has 0 spiro atoms. The first-order valence-electron chi connectivity index (χ1n) is 9.42. The van der Waals surface area contributed by atoms with Crippen LogP contribution < -0.4 is 10.9 Å². The first-order valence-corrected chi connectivity index (χ1v) is 9.42. The number of para-hydroxylation sites is 2. The van der Waals surface area contributed by atoms with Gasteiger partial charge < -0.3 is 15.0 Å². The van der Waals surface area contributed by atoms with Crippen LogP contribution in [0.1, 0.15) is 35.8 Å². The highest BCUT2D eigenvalue weighted by atomic mass is 16.5. The van der Waals surface area contributed by atoms with Gasteiger partial charge in [0.1, 0.15) is 0 Å². The van der Waals surface area contributed by atoms with E-state index >= 15 is 0 Å². The van der Waals surface area contributed by atoms with E-state index in [0.29, 0.717) is 16.3 Å². The standard InChI is InChI=1S/C21H19N5O4/c1-12(19-23-15-8-4-3-7-14(15)20(28)24-19)30-17(27)10-11-22-21(29)18-13-6-2-5-9-16(13)25-26-18/h2-9,12H,10-11H2,1H3,(H,22,29)(H,25,26)(H,23,24,28). The fraction of sp³-hybridized carbons (Fsp3) is 0.190. The van der Waals surface area contributed by atoms with Gasteiger partial charge in [0.15, 0.2) is 17.6 Å². The molecule has 0 radical (unpaired) electrons. The number of H-pyrrole nitrogens is 2. The van der Waals surface area contributed by atoms with Gasteiger partial charge in [0, 0.05) is 11.9 Å². The van der Waals surface area contributed by atoms with Gasteiger partial charge in [0.2, 0.25) is 0 Å². The Kier molecular flexibility index (Phi) is 5.25. The Morgan fingerprint density at radius 2 is 1.83 bits per heavy atom. The molecule has 9 nitrogen and oxygen atoms in total. The molecule has 0 aliphatic heterocycles. The summed E-state index contributed by atoms with van der Waals surface area (Å²) in [6.07, 6.45) is -0.767. The lowest BCUT2D eigenvalue weighted by Crippen LogP contribution is -2.27. The summed E-state index contributed by atoms with van der Waals surface area (Å²) in [7, 11) is 0. The average molecular weight is 405 g/mol. The lowest BCUT2D eigenvalue weighted by atomic mass is 10.2. The van der Waals surface area contributed by atoms with E-state index in [4.69, 9.17) is 4.74 Å². The summed E-state index contributed by atoms with van der Waals surface area (Å²) in [6.45, 7) is 1.71. The molecular weight excluding hydrogens is 386 g/mol. The Labute approximate surface area is 170 Å². The molecule has 1 amide bonds. The molecule has 2 aromatic heterocycles. The fourth-order valence-electron chi connectivity index (χ4n) is 3.11. The van der Waals surface area contributed by atoms with E-state index in [1.54, 1.807) is 37.3 Å². The minimum Gasteiger partial charge on any atom is -0.454 e. The van der Waals surface area contributed by atoms with Gasteiger partial charge in [0.25, 0.3) is 11.5 Å². The predicted octanol–water partition coefficient (Wildman–Crippen LogP) is 2.22. The minimum atomic E-state index is -0.735. The number of amides is 1. The van der Waals surface area contributed by atoms with Crippen LogP contribution in [-0.4, -0.2) is 38.6 Å². The number of nitrogens with one attached hydrogen (secondary N) is 3. The molecule has 30 heavy (non-hydrogen) atoms. The Balaban J connectivity index is 1.33. The maximum absolute atomic E-state index is 12.3. The first kappa shape index (κ1) is 19.3. The smallest absolute Gasteiger partial charge is 0.308 e. The number of ether oxygens (including phenoxy) is 1. The number of aromatic amines is 2. The van der Waals surface area contributed by atoms with Crippen molar-refractivity contribution in [3.8, 4) is 0 Å². The van der Waals surface area contributed by atoms with Crippen molar-refractivity contribution in [1.82, 2.24) is 25.5 Å². The molecule has 4 rings (SSSR count). The maximum Gasteiger partial charge on any atom is 0.308 e. The monoisotopic (exact) mass is 405 g/mol. The summed E-state index contributed by atoms with van der Waals surface area (Å²) in [4.78, 5) is 43.6. The zero-order valence-electron chi connectivity index (χ0n) is 16.1. The zero-order chi connectivity index (χ0) is 21.1. The van der Waals surface area contributed by atoms with Crippen LogP contribution in [-0.2, 0) is 9.53 Å². The van der Waals surface area contributed by atoms with Crippen LogP contribution in [0, 0.1) is 0 Å². The Hall–Kier alpha value is -4.01. The summed E-state index contributed by atoms with van der Waals surface area (Å²) in [5.74, 6) is -0.640. The molecule has 1 atom stereocenters. The number of benzene rings is 2. The van der Waals surface area contributed by atoms with Crippen molar-refractivity contribution in [3.63, 3.8) is 0 Å². The molecule has 152 valence electrons. The number of carbonyl (C=O) groups excluding carboxylic acids is 2. The summed E-state index contributed by atoms with van der Waals surface area (Å²) in [5.41, 5.74) is 1.26. The second-order valence-corrected chi connectivity index (χ2v) is 6.72. The van der Waals surface area contributed by atoms with Crippen molar-refractivity contribution in [3.05, 3.63) is 70.4 Å². The second kappa shape index (κ2) is 8.16. The molecule has 0 aliphatic rings. The molecule has 2 heterocycles. The van der Waals surface area contributed by atoms with E-state index in [-0.39, 0.29) is 36.0 Å². The molecule has 0 aliphatic carbocycles. The van der Waals surface area contributed by atoms with Crippen molar-refractivity contribution in [1.29, 1.82) is 0 Å². The Bertz CT molecular complexity index is 1290. The van der Waals surface area contributed by atoms with Gasteiger partial charge >= 0.3 is 5.97 Å². The van der Waals surface area contributed by atoms with Gasteiger partial charge in [-0.2, -0.15) is 5.10 Å². The van der Waals surface area contributed by atoms with E-state index in [2.05, 4.69) is 25.5 Å². The molecule has 0 saturated carbocycles. The molecule has 0 saturated heterocycles. The normalized spacial score (nSPS) is 12.0. The van der Waals surface area contributed by atoms with Crippen molar-refractivity contribution in [2.75, 3.05) is 6.54 Å². The number of rotatable bonds is 6.